The van der Waals surface area contributed by atoms with E-state index in [1.165, 1.54) is 12.1 Å². The van der Waals surface area contributed by atoms with Gasteiger partial charge in [0, 0.05) is 6.54 Å². The molecule has 0 aliphatic heterocycles. The maximum absolute atomic E-state index is 13.6. The molecular weight excluding hydrogens is 271 g/mol. The smallest absolute Gasteiger partial charge is 0.257 e. The summed E-state index contributed by atoms with van der Waals surface area (Å²) in [4.78, 5) is 12.5. The van der Waals surface area contributed by atoms with Gasteiger partial charge >= 0.3 is 0 Å². The molecule has 1 rings (SSSR count). The molecule has 0 radical (unpaired) electrons. The van der Waals surface area contributed by atoms with E-state index < -0.39 is 36.9 Å². The molecule has 1 aromatic rings. The lowest BCUT2D eigenvalue weighted by Gasteiger charge is -2.21. The highest BCUT2D eigenvalue weighted by Gasteiger charge is 2.22. The predicted molar refractivity (Wildman–Crippen MR) is 60.4 cm³/mol. The molecule has 0 aliphatic rings. The van der Waals surface area contributed by atoms with Gasteiger partial charge in [-0.05, 0) is 12.1 Å². The van der Waals surface area contributed by atoms with Gasteiger partial charge < -0.3 is 10.0 Å². The Bertz CT molecular complexity index is 429. The molecule has 0 aromatic heterocycles. The van der Waals surface area contributed by atoms with Gasteiger partial charge in [0.05, 0.1) is 23.7 Å². The van der Waals surface area contributed by atoms with Gasteiger partial charge in [-0.25, -0.2) is 13.2 Å². The summed E-state index contributed by atoms with van der Waals surface area (Å²) in [6.07, 6.45) is -2.76. The van der Waals surface area contributed by atoms with Crippen molar-refractivity contribution in [3.05, 3.63) is 34.6 Å². The van der Waals surface area contributed by atoms with Crippen molar-refractivity contribution in [2.75, 3.05) is 19.7 Å². The van der Waals surface area contributed by atoms with E-state index in [-0.39, 0.29) is 11.6 Å². The quantitative estimate of drug-likeness (QED) is 0.899. The number of rotatable bonds is 5. The third kappa shape index (κ3) is 3.61. The van der Waals surface area contributed by atoms with Crippen molar-refractivity contribution in [3.63, 3.8) is 0 Å². The highest BCUT2D eigenvalue weighted by Crippen LogP contribution is 2.19. The average Bonchev–Trinajstić information content (AvgIpc) is 2.31. The fourth-order valence-corrected chi connectivity index (χ4v) is 1.58. The van der Waals surface area contributed by atoms with Crippen LogP contribution in [0, 0.1) is 5.82 Å². The lowest BCUT2D eigenvalue weighted by molar-refractivity contribution is 0.0505. The zero-order valence-electron chi connectivity index (χ0n) is 9.25. The molecule has 1 amide bonds. The van der Waals surface area contributed by atoms with E-state index in [2.05, 4.69) is 0 Å². The molecule has 3 nitrogen and oxygen atoms in total. The third-order valence-corrected chi connectivity index (χ3v) is 2.49. The highest BCUT2D eigenvalue weighted by molar-refractivity contribution is 6.31. The number of aliphatic hydroxyl groups is 1. The minimum atomic E-state index is -2.76. The number of aliphatic hydroxyl groups excluding tert-OH is 1. The van der Waals surface area contributed by atoms with Gasteiger partial charge in [0.1, 0.15) is 0 Å². The molecule has 18 heavy (non-hydrogen) atoms. The standard InChI is InChI=1S/C11H11ClF3NO2/c12-8-3-1-2-7(10(8)15)11(18)16(4-5-17)6-9(13)14/h1-3,9,17H,4-6H2. The molecule has 100 valence electrons. The summed E-state index contributed by atoms with van der Waals surface area (Å²) in [5.41, 5.74) is -0.392. The van der Waals surface area contributed by atoms with Crippen molar-refractivity contribution in [2.45, 2.75) is 6.43 Å². The molecule has 0 aliphatic carbocycles. The van der Waals surface area contributed by atoms with Crippen molar-refractivity contribution in [2.24, 2.45) is 0 Å². The summed E-state index contributed by atoms with van der Waals surface area (Å²) in [7, 11) is 0. The number of alkyl halides is 2. The van der Waals surface area contributed by atoms with Crippen LogP contribution in [0.3, 0.4) is 0 Å². The first-order valence-corrected chi connectivity index (χ1v) is 5.47. The minimum Gasteiger partial charge on any atom is -0.395 e. The Morgan fingerprint density at radius 3 is 2.67 bits per heavy atom. The van der Waals surface area contributed by atoms with E-state index >= 15 is 0 Å². The summed E-state index contributed by atoms with van der Waals surface area (Å²) in [6.45, 7) is -1.65. The number of hydrogen-bond donors (Lipinski definition) is 1. The lowest BCUT2D eigenvalue weighted by atomic mass is 10.2. The van der Waals surface area contributed by atoms with Crippen LogP contribution < -0.4 is 0 Å². The fraction of sp³-hybridized carbons (Fsp3) is 0.364. The van der Waals surface area contributed by atoms with Gasteiger partial charge in [0.25, 0.3) is 12.3 Å². The van der Waals surface area contributed by atoms with Crippen molar-refractivity contribution >= 4 is 17.5 Å². The van der Waals surface area contributed by atoms with Crippen molar-refractivity contribution in [3.8, 4) is 0 Å². The van der Waals surface area contributed by atoms with Gasteiger partial charge in [-0.2, -0.15) is 0 Å². The van der Waals surface area contributed by atoms with Crippen LogP contribution >= 0.6 is 11.6 Å². The predicted octanol–water partition coefficient (Wildman–Crippen LogP) is 2.18. The molecule has 0 saturated carbocycles. The molecule has 0 bridgehead atoms. The number of amides is 1. The Hall–Kier alpha value is -1.27. The molecule has 7 heteroatoms. The third-order valence-electron chi connectivity index (χ3n) is 2.20. The molecule has 0 unspecified atom stereocenters. The molecule has 0 heterocycles. The van der Waals surface area contributed by atoms with Crippen LogP contribution in [-0.4, -0.2) is 42.0 Å². The van der Waals surface area contributed by atoms with Crippen LogP contribution in [-0.2, 0) is 0 Å². The van der Waals surface area contributed by atoms with Crippen LogP contribution in [0.1, 0.15) is 10.4 Å². The van der Waals surface area contributed by atoms with E-state index in [0.29, 0.717) is 4.90 Å². The van der Waals surface area contributed by atoms with Gasteiger partial charge in [-0.15, -0.1) is 0 Å². The van der Waals surface area contributed by atoms with Crippen LogP contribution in [0.15, 0.2) is 18.2 Å². The molecule has 0 saturated heterocycles. The second kappa shape index (κ2) is 6.61. The summed E-state index contributed by atoms with van der Waals surface area (Å²) >= 11 is 5.50. The first kappa shape index (κ1) is 14.8. The number of carbonyl (C=O) groups is 1. The van der Waals surface area contributed by atoms with E-state index in [9.17, 15) is 18.0 Å². The van der Waals surface area contributed by atoms with Crippen molar-refractivity contribution in [1.82, 2.24) is 4.90 Å². The summed E-state index contributed by atoms with van der Waals surface area (Å²) in [5.74, 6) is -1.88. The van der Waals surface area contributed by atoms with Crippen LogP contribution in [0.25, 0.3) is 0 Å². The molecule has 0 spiro atoms. The van der Waals surface area contributed by atoms with Gasteiger partial charge in [-0.1, -0.05) is 17.7 Å². The fourth-order valence-electron chi connectivity index (χ4n) is 1.40. The Kier molecular flexibility index (Phi) is 5.43. The summed E-state index contributed by atoms with van der Waals surface area (Å²) < 4.78 is 38.1. The van der Waals surface area contributed by atoms with E-state index in [1.807, 2.05) is 0 Å². The Morgan fingerprint density at radius 1 is 1.44 bits per heavy atom. The largest absolute Gasteiger partial charge is 0.395 e. The van der Waals surface area contributed by atoms with Gasteiger partial charge in [0.2, 0.25) is 0 Å². The number of halogens is 4. The maximum Gasteiger partial charge on any atom is 0.257 e. The van der Waals surface area contributed by atoms with Crippen LogP contribution in [0.4, 0.5) is 13.2 Å². The normalized spacial score (nSPS) is 10.8. The first-order chi connectivity index (χ1) is 8.47. The second-order valence-electron chi connectivity index (χ2n) is 3.47. The van der Waals surface area contributed by atoms with E-state index in [0.717, 1.165) is 6.07 Å². The van der Waals surface area contributed by atoms with Crippen molar-refractivity contribution in [1.29, 1.82) is 0 Å². The highest BCUT2D eigenvalue weighted by atomic mass is 35.5. The zero-order chi connectivity index (χ0) is 13.7. The molecule has 0 atom stereocenters. The summed E-state index contributed by atoms with van der Waals surface area (Å²) in [6, 6.07) is 3.74. The summed E-state index contributed by atoms with van der Waals surface area (Å²) in [5, 5.41) is 8.45. The number of hydrogen-bond acceptors (Lipinski definition) is 2. The zero-order valence-corrected chi connectivity index (χ0v) is 10.0. The average molecular weight is 282 g/mol. The monoisotopic (exact) mass is 281 g/mol. The minimum absolute atomic E-state index is 0.262. The van der Waals surface area contributed by atoms with Gasteiger partial charge in [0.15, 0.2) is 5.82 Å². The van der Waals surface area contributed by atoms with Gasteiger partial charge in [-0.3, -0.25) is 4.79 Å². The van der Waals surface area contributed by atoms with E-state index in [4.69, 9.17) is 16.7 Å². The van der Waals surface area contributed by atoms with Crippen molar-refractivity contribution < 1.29 is 23.1 Å². The van der Waals surface area contributed by atoms with Crippen LogP contribution in [0.5, 0.6) is 0 Å². The van der Waals surface area contributed by atoms with Crippen LogP contribution in [0.2, 0.25) is 5.02 Å². The lowest BCUT2D eigenvalue weighted by Crippen LogP contribution is -2.37. The Labute approximate surface area is 107 Å². The maximum atomic E-state index is 13.6. The second-order valence-corrected chi connectivity index (χ2v) is 3.87. The molecule has 0 fully saturated rings. The Balaban J connectivity index is 2.98. The first-order valence-electron chi connectivity index (χ1n) is 5.09. The van der Waals surface area contributed by atoms with E-state index in [1.54, 1.807) is 0 Å². The molecule has 1 aromatic carbocycles. The Morgan fingerprint density at radius 2 is 2.11 bits per heavy atom. The number of carbonyl (C=O) groups excluding carboxylic acids is 1. The topological polar surface area (TPSA) is 40.5 Å². The molecular formula is C11H11ClF3NO2. The SMILES string of the molecule is O=C(c1cccc(Cl)c1F)N(CCO)CC(F)F. The molecule has 1 N–H and O–H groups in total. The number of benzene rings is 1. The number of nitrogens with zero attached hydrogens (tertiary/aromatic N) is 1.